The predicted octanol–water partition coefficient (Wildman–Crippen LogP) is 3.78. The third-order valence-electron chi connectivity index (χ3n) is 5.45. The van der Waals surface area contributed by atoms with Crippen molar-refractivity contribution in [2.24, 2.45) is 0 Å². The maximum atomic E-state index is 13.1. The van der Waals surface area contributed by atoms with Crippen molar-refractivity contribution in [2.75, 3.05) is 19.8 Å². The second kappa shape index (κ2) is 12.6. The molecule has 1 fully saturated rings. The van der Waals surface area contributed by atoms with E-state index in [4.69, 9.17) is 9.84 Å². The van der Waals surface area contributed by atoms with E-state index in [1.54, 1.807) is 6.08 Å². The molecule has 4 rings (SSSR count). The lowest BCUT2D eigenvalue weighted by Gasteiger charge is -2.15. The summed E-state index contributed by atoms with van der Waals surface area (Å²) in [6.45, 7) is -0.00289. The summed E-state index contributed by atoms with van der Waals surface area (Å²) in [6, 6.07) is 9.04. The minimum Gasteiger partial charge on any atom is -0.487 e. The number of alkyl halides is 4. The molecule has 39 heavy (non-hydrogen) atoms. The van der Waals surface area contributed by atoms with E-state index in [0.29, 0.717) is 5.56 Å². The zero-order valence-electron chi connectivity index (χ0n) is 20.4. The predicted molar refractivity (Wildman–Crippen MR) is 126 cm³/mol. The van der Waals surface area contributed by atoms with Gasteiger partial charge in [0.1, 0.15) is 29.3 Å². The number of ether oxygens (including phenoxy) is 2. The van der Waals surface area contributed by atoms with Crippen LogP contribution in [-0.4, -0.2) is 68.4 Å². The minimum absolute atomic E-state index is 0.0323. The van der Waals surface area contributed by atoms with Gasteiger partial charge in [0.05, 0.1) is 19.3 Å². The highest BCUT2D eigenvalue weighted by atomic mass is 19.3. The van der Waals surface area contributed by atoms with Crippen molar-refractivity contribution in [3.05, 3.63) is 77.4 Å². The van der Waals surface area contributed by atoms with Gasteiger partial charge in [-0.3, -0.25) is 0 Å². The molecular weight excluding hydrogens is 536 g/mol. The second-order valence-electron chi connectivity index (χ2n) is 8.56. The molecular formula is C25H25F6N3O5. The van der Waals surface area contributed by atoms with Crippen LogP contribution in [0.2, 0.25) is 0 Å². The number of aromatic nitrogens is 3. The number of halogens is 6. The van der Waals surface area contributed by atoms with E-state index in [-0.39, 0.29) is 30.4 Å². The van der Waals surface area contributed by atoms with Gasteiger partial charge < -0.3 is 24.8 Å². The Morgan fingerprint density at radius 1 is 1.13 bits per heavy atom. The highest BCUT2D eigenvalue weighted by Crippen LogP contribution is 2.39. The molecule has 0 amide bonds. The van der Waals surface area contributed by atoms with Crippen LogP contribution in [0, 0.1) is 11.6 Å². The Kier molecular flexibility index (Phi) is 9.72. The molecule has 1 saturated heterocycles. The molecule has 1 aliphatic rings. The van der Waals surface area contributed by atoms with E-state index in [1.807, 2.05) is 0 Å². The lowest BCUT2D eigenvalue weighted by Crippen LogP contribution is -2.33. The van der Waals surface area contributed by atoms with Crippen molar-refractivity contribution in [1.29, 1.82) is 0 Å². The van der Waals surface area contributed by atoms with E-state index >= 15 is 0 Å². The van der Waals surface area contributed by atoms with E-state index in [9.17, 15) is 36.6 Å². The van der Waals surface area contributed by atoms with Gasteiger partial charge in [0, 0.05) is 11.6 Å². The van der Waals surface area contributed by atoms with Gasteiger partial charge in [0.25, 0.3) is 0 Å². The summed E-state index contributed by atoms with van der Waals surface area (Å²) >= 11 is 0. The smallest absolute Gasteiger partial charge is 0.340 e. The van der Waals surface area contributed by atoms with Crippen LogP contribution in [0.15, 0.2) is 48.8 Å². The SMILES string of the molecule is CC(O)C(O)n1cnc(/C=C/c2ccc(OCC(F)(F)C(F)F)cc2)n1.OCC1(c2ccc(F)cc2F)CO1. The monoisotopic (exact) mass is 561 g/mol. The van der Waals surface area contributed by atoms with E-state index in [0.717, 1.165) is 16.8 Å². The molecule has 8 nitrogen and oxygen atoms in total. The molecule has 3 N–H and O–H groups in total. The third-order valence-corrected chi connectivity index (χ3v) is 5.45. The van der Waals surface area contributed by atoms with Crippen molar-refractivity contribution in [2.45, 2.75) is 37.2 Å². The molecule has 212 valence electrons. The molecule has 2 heterocycles. The molecule has 3 unspecified atom stereocenters. The van der Waals surface area contributed by atoms with Crippen LogP contribution in [-0.2, 0) is 10.3 Å². The first-order valence-electron chi connectivity index (χ1n) is 11.4. The maximum Gasteiger partial charge on any atom is 0.340 e. The molecule has 1 aliphatic heterocycles. The number of nitrogens with zero attached hydrogens (tertiary/aromatic N) is 3. The van der Waals surface area contributed by atoms with E-state index < -0.39 is 48.5 Å². The Morgan fingerprint density at radius 2 is 1.79 bits per heavy atom. The first-order valence-corrected chi connectivity index (χ1v) is 11.4. The summed E-state index contributed by atoms with van der Waals surface area (Å²) in [4.78, 5) is 3.94. The van der Waals surface area contributed by atoms with Crippen molar-refractivity contribution < 1.29 is 51.1 Å². The van der Waals surface area contributed by atoms with Gasteiger partial charge in [-0.15, -0.1) is 5.10 Å². The summed E-state index contributed by atoms with van der Waals surface area (Å²) < 4.78 is 86.1. The van der Waals surface area contributed by atoms with Crippen LogP contribution in [0.4, 0.5) is 26.3 Å². The zero-order chi connectivity index (χ0) is 28.8. The molecule has 0 radical (unpaired) electrons. The Bertz CT molecular complexity index is 1250. The van der Waals surface area contributed by atoms with E-state index in [2.05, 4.69) is 14.8 Å². The van der Waals surface area contributed by atoms with Crippen molar-refractivity contribution in [3.8, 4) is 5.75 Å². The fourth-order valence-corrected chi connectivity index (χ4v) is 3.08. The quantitative estimate of drug-likeness (QED) is 0.255. The van der Waals surface area contributed by atoms with E-state index in [1.165, 1.54) is 49.7 Å². The Balaban J connectivity index is 0.000000268. The van der Waals surface area contributed by atoms with Gasteiger partial charge >= 0.3 is 12.3 Å². The van der Waals surface area contributed by atoms with Gasteiger partial charge in [-0.1, -0.05) is 24.3 Å². The first-order chi connectivity index (χ1) is 18.4. The van der Waals surface area contributed by atoms with Crippen LogP contribution >= 0.6 is 0 Å². The Hall–Kier alpha value is -3.46. The Labute approximate surface area is 218 Å². The largest absolute Gasteiger partial charge is 0.487 e. The number of hydrogen-bond acceptors (Lipinski definition) is 7. The van der Waals surface area contributed by atoms with Crippen molar-refractivity contribution in [1.82, 2.24) is 14.8 Å². The first kappa shape index (κ1) is 30.1. The topological polar surface area (TPSA) is 113 Å². The summed E-state index contributed by atoms with van der Waals surface area (Å²) in [5, 5.41) is 31.8. The molecule has 1 aromatic heterocycles. The lowest BCUT2D eigenvalue weighted by molar-refractivity contribution is -0.148. The van der Waals surface area contributed by atoms with Gasteiger partial charge in [-0.25, -0.2) is 27.2 Å². The summed E-state index contributed by atoms with van der Waals surface area (Å²) in [7, 11) is 0. The fraction of sp³-hybridized carbons (Fsp3) is 0.360. The molecule has 0 saturated carbocycles. The summed E-state index contributed by atoms with van der Waals surface area (Å²) in [5.74, 6) is -5.20. The number of epoxide rings is 1. The lowest BCUT2D eigenvalue weighted by atomic mass is 10.0. The summed E-state index contributed by atoms with van der Waals surface area (Å²) in [5.41, 5.74) is -0.0422. The van der Waals surface area contributed by atoms with Gasteiger partial charge in [0.15, 0.2) is 18.7 Å². The average molecular weight is 561 g/mol. The molecule has 0 spiro atoms. The number of hydrogen-bond donors (Lipinski definition) is 3. The average Bonchev–Trinajstić information content (AvgIpc) is 3.55. The third kappa shape index (κ3) is 8.02. The molecule has 0 aliphatic carbocycles. The molecule has 14 heteroatoms. The van der Waals surface area contributed by atoms with Gasteiger partial charge in [0.2, 0.25) is 0 Å². The van der Waals surface area contributed by atoms with Gasteiger partial charge in [-0.05, 0) is 36.8 Å². The van der Waals surface area contributed by atoms with Gasteiger partial charge in [-0.2, -0.15) is 8.78 Å². The molecule has 0 bridgehead atoms. The highest BCUT2D eigenvalue weighted by Gasteiger charge is 2.47. The number of aliphatic hydroxyl groups excluding tert-OH is 3. The fourth-order valence-electron chi connectivity index (χ4n) is 3.08. The summed E-state index contributed by atoms with van der Waals surface area (Å²) in [6.07, 6.45) is -1.61. The minimum atomic E-state index is -4.21. The standard InChI is InChI=1S/C16H17F4N3O3.C9H8F2O2/c1-10(24)14(25)23-9-21-13(22-23)7-4-11-2-5-12(6-3-11)26-8-16(19,20)15(17)18;10-6-1-2-7(8(11)3-6)9(4-12)5-13-9/h2-7,9-10,14-15,24-25H,8H2,1H3;1-3,12H,4-5H2/b7-4+;. The van der Waals surface area contributed by atoms with Crippen LogP contribution < -0.4 is 4.74 Å². The Morgan fingerprint density at radius 3 is 2.33 bits per heavy atom. The number of rotatable bonds is 10. The van der Waals surface area contributed by atoms with Crippen LogP contribution in [0.5, 0.6) is 5.75 Å². The van der Waals surface area contributed by atoms with Crippen molar-refractivity contribution >= 4 is 12.2 Å². The molecule has 3 atom stereocenters. The number of aliphatic hydroxyl groups is 3. The van der Waals surface area contributed by atoms with Crippen LogP contribution in [0.25, 0.3) is 12.2 Å². The van der Waals surface area contributed by atoms with Crippen molar-refractivity contribution in [3.63, 3.8) is 0 Å². The zero-order valence-corrected chi connectivity index (χ0v) is 20.4. The second-order valence-corrected chi connectivity index (χ2v) is 8.56. The number of benzene rings is 2. The maximum absolute atomic E-state index is 13.1. The van der Waals surface area contributed by atoms with Crippen LogP contribution in [0.1, 0.15) is 30.1 Å². The highest BCUT2D eigenvalue weighted by molar-refractivity contribution is 5.66. The molecule has 2 aromatic carbocycles. The van der Waals surface area contributed by atoms with Crippen LogP contribution in [0.3, 0.4) is 0 Å². The normalized spacial score (nSPS) is 18.5. The molecule has 3 aromatic rings.